The second-order valence-electron chi connectivity index (χ2n) is 3.60. The van der Waals surface area contributed by atoms with Crippen molar-refractivity contribution >= 4 is 0 Å². The van der Waals surface area contributed by atoms with Crippen LogP contribution in [-0.4, -0.2) is 24.5 Å². The molecule has 1 rings (SSSR count). The van der Waals surface area contributed by atoms with Crippen LogP contribution in [-0.2, 0) is 0 Å². The van der Waals surface area contributed by atoms with E-state index in [0.29, 0.717) is 6.42 Å². The van der Waals surface area contributed by atoms with Crippen molar-refractivity contribution in [3.05, 3.63) is 0 Å². The quantitative estimate of drug-likeness (QED) is 0.641. The maximum Gasteiger partial charge on any atom is 0.0635 e. The predicted octanol–water partition coefficient (Wildman–Crippen LogP) is 2.02. The van der Waals surface area contributed by atoms with Crippen LogP contribution in [0.3, 0.4) is 0 Å². The van der Waals surface area contributed by atoms with Gasteiger partial charge in [-0.3, -0.25) is 0 Å². The summed E-state index contributed by atoms with van der Waals surface area (Å²) in [5.74, 6) is 0.948. The molecule has 68 valence electrons. The summed E-state index contributed by atoms with van der Waals surface area (Å²) in [5, 5.41) is 8.42. The zero-order valence-corrected chi connectivity index (χ0v) is 7.92. The van der Waals surface area contributed by atoms with Crippen molar-refractivity contribution in [2.24, 2.45) is 5.92 Å². The highest BCUT2D eigenvalue weighted by molar-refractivity contribution is 4.76. The van der Waals surface area contributed by atoms with E-state index in [9.17, 15) is 0 Å². The molecule has 0 aromatic carbocycles. The van der Waals surface area contributed by atoms with Crippen molar-refractivity contribution in [1.82, 2.24) is 4.90 Å². The molecule has 0 bridgehead atoms. The van der Waals surface area contributed by atoms with Crippen molar-refractivity contribution in [1.29, 1.82) is 5.26 Å². The average molecular weight is 166 g/mol. The van der Waals surface area contributed by atoms with Crippen LogP contribution in [0, 0.1) is 17.2 Å². The number of likely N-dealkylation sites (tertiary alicyclic amines) is 1. The van der Waals surface area contributed by atoms with Gasteiger partial charge in [0.2, 0.25) is 0 Å². The number of piperidine rings is 1. The fourth-order valence-electron chi connectivity index (χ4n) is 1.83. The first-order valence-corrected chi connectivity index (χ1v) is 4.96. The van der Waals surface area contributed by atoms with Crippen LogP contribution in [0.1, 0.15) is 32.6 Å². The van der Waals surface area contributed by atoms with E-state index in [-0.39, 0.29) is 0 Å². The van der Waals surface area contributed by atoms with E-state index in [1.165, 1.54) is 32.4 Å². The molecule has 0 radical (unpaired) electrons. The van der Waals surface area contributed by atoms with Crippen LogP contribution in [0.4, 0.5) is 0 Å². The van der Waals surface area contributed by atoms with Gasteiger partial charge in [0.15, 0.2) is 0 Å². The second kappa shape index (κ2) is 5.16. The van der Waals surface area contributed by atoms with Gasteiger partial charge in [0.05, 0.1) is 6.07 Å². The van der Waals surface area contributed by atoms with Gasteiger partial charge < -0.3 is 4.90 Å². The molecule has 0 aromatic heterocycles. The highest BCUT2D eigenvalue weighted by Crippen LogP contribution is 2.19. The zero-order chi connectivity index (χ0) is 8.81. The minimum Gasteiger partial charge on any atom is -0.302 e. The van der Waals surface area contributed by atoms with Crippen molar-refractivity contribution in [3.8, 4) is 6.07 Å². The molecule has 0 unspecified atom stereocenters. The van der Waals surface area contributed by atoms with Crippen LogP contribution < -0.4 is 0 Å². The molecule has 2 heteroatoms. The topological polar surface area (TPSA) is 27.0 Å². The molecule has 0 aromatic rings. The highest BCUT2D eigenvalue weighted by Gasteiger charge is 2.16. The number of hydrogen-bond donors (Lipinski definition) is 0. The van der Waals surface area contributed by atoms with Crippen molar-refractivity contribution in [2.45, 2.75) is 32.6 Å². The lowest BCUT2D eigenvalue weighted by Crippen LogP contribution is -2.34. The Morgan fingerprint density at radius 1 is 1.42 bits per heavy atom. The largest absolute Gasteiger partial charge is 0.302 e. The lowest BCUT2D eigenvalue weighted by Gasteiger charge is -2.30. The number of hydrogen-bond acceptors (Lipinski definition) is 2. The first-order chi connectivity index (χ1) is 5.86. The van der Waals surface area contributed by atoms with Gasteiger partial charge in [0, 0.05) is 13.0 Å². The molecule has 1 heterocycles. The average Bonchev–Trinajstić information content (AvgIpc) is 2.15. The van der Waals surface area contributed by atoms with E-state index >= 15 is 0 Å². The van der Waals surface area contributed by atoms with Crippen LogP contribution in [0.15, 0.2) is 0 Å². The maximum atomic E-state index is 8.42. The summed E-state index contributed by atoms with van der Waals surface area (Å²) in [6.07, 6.45) is 4.69. The first-order valence-electron chi connectivity index (χ1n) is 4.96. The highest BCUT2D eigenvalue weighted by atomic mass is 15.1. The lowest BCUT2D eigenvalue weighted by atomic mass is 9.94. The summed E-state index contributed by atoms with van der Waals surface area (Å²) in [5.41, 5.74) is 0. The zero-order valence-electron chi connectivity index (χ0n) is 7.92. The fourth-order valence-corrected chi connectivity index (χ4v) is 1.83. The Kier molecular flexibility index (Phi) is 4.10. The molecule has 0 aliphatic carbocycles. The van der Waals surface area contributed by atoms with E-state index in [0.717, 1.165) is 12.5 Å². The second-order valence-corrected chi connectivity index (χ2v) is 3.60. The molecule has 0 saturated carbocycles. The SMILES string of the molecule is CCC1CCN(CCC#N)CC1. The molecule has 12 heavy (non-hydrogen) atoms. The molecular weight excluding hydrogens is 148 g/mol. The summed E-state index contributed by atoms with van der Waals surface area (Å²) < 4.78 is 0. The van der Waals surface area contributed by atoms with Gasteiger partial charge in [0.25, 0.3) is 0 Å². The van der Waals surface area contributed by atoms with Gasteiger partial charge in [-0.1, -0.05) is 13.3 Å². The van der Waals surface area contributed by atoms with E-state index in [1.807, 2.05) is 0 Å². The smallest absolute Gasteiger partial charge is 0.0635 e. The molecule has 1 fully saturated rings. The van der Waals surface area contributed by atoms with E-state index < -0.39 is 0 Å². The summed E-state index contributed by atoms with van der Waals surface area (Å²) in [4.78, 5) is 2.41. The molecule has 0 N–H and O–H groups in total. The number of nitrogens with zero attached hydrogens (tertiary/aromatic N) is 2. The minimum absolute atomic E-state index is 0.691. The minimum atomic E-state index is 0.691. The molecule has 1 aliphatic heterocycles. The van der Waals surface area contributed by atoms with Gasteiger partial charge in [-0.2, -0.15) is 5.26 Å². The Labute approximate surface area is 75.2 Å². The molecule has 0 spiro atoms. The molecule has 0 atom stereocenters. The standard InChI is InChI=1S/C10H18N2/c1-2-10-4-8-12(9-5-10)7-3-6-11/h10H,2-5,7-9H2,1H3. The van der Waals surface area contributed by atoms with Gasteiger partial charge in [0.1, 0.15) is 0 Å². The third kappa shape index (κ3) is 2.83. The molecular formula is C10H18N2. The van der Waals surface area contributed by atoms with Gasteiger partial charge in [-0.05, 0) is 31.8 Å². The first kappa shape index (κ1) is 9.54. The third-order valence-corrected chi connectivity index (χ3v) is 2.82. The van der Waals surface area contributed by atoms with E-state index in [4.69, 9.17) is 5.26 Å². The summed E-state index contributed by atoms with van der Waals surface area (Å²) in [7, 11) is 0. The van der Waals surface area contributed by atoms with Crippen molar-refractivity contribution in [3.63, 3.8) is 0 Å². The van der Waals surface area contributed by atoms with Crippen LogP contribution in [0.2, 0.25) is 0 Å². The normalized spacial score (nSPS) is 20.7. The van der Waals surface area contributed by atoms with Gasteiger partial charge in [-0.25, -0.2) is 0 Å². The number of nitriles is 1. The Hall–Kier alpha value is -0.550. The van der Waals surface area contributed by atoms with Gasteiger partial charge >= 0.3 is 0 Å². The Morgan fingerprint density at radius 3 is 2.58 bits per heavy atom. The summed E-state index contributed by atoms with van der Waals surface area (Å²) >= 11 is 0. The Balaban J connectivity index is 2.14. The molecule has 1 saturated heterocycles. The molecule has 2 nitrogen and oxygen atoms in total. The van der Waals surface area contributed by atoms with Crippen molar-refractivity contribution in [2.75, 3.05) is 19.6 Å². The molecule has 0 amide bonds. The summed E-state index contributed by atoms with van der Waals surface area (Å²) in [6, 6.07) is 2.20. The maximum absolute atomic E-state index is 8.42. The molecule has 1 aliphatic rings. The van der Waals surface area contributed by atoms with E-state index in [1.54, 1.807) is 0 Å². The Morgan fingerprint density at radius 2 is 2.08 bits per heavy atom. The van der Waals surface area contributed by atoms with Gasteiger partial charge in [-0.15, -0.1) is 0 Å². The lowest BCUT2D eigenvalue weighted by molar-refractivity contribution is 0.185. The summed E-state index contributed by atoms with van der Waals surface area (Å²) in [6.45, 7) is 5.67. The predicted molar refractivity (Wildman–Crippen MR) is 49.7 cm³/mol. The third-order valence-electron chi connectivity index (χ3n) is 2.82. The fraction of sp³-hybridized carbons (Fsp3) is 0.900. The number of rotatable bonds is 3. The van der Waals surface area contributed by atoms with E-state index in [2.05, 4.69) is 17.9 Å². The van der Waals surface area contributed by atoms with Crippen molar-refractivity contribution < 1.29 is 0 Å². The van der Waals surface area contributed by atoms with Crippen LogP contribution in [0.25, 0.3) is 0 Å². The Bertz CT molecular complexity index is 152. The van der Waals surface area contributed by atoms with Crippen LogP contribution in [0.5, 0.6) is 0 Å². The monoisotopic (exact) mass is 166 g/mol. The van der Waals surface area contributed by atoms with Crippen LogP contribution >= 0.6 is 0 Å².